The molecule has 2 unspecified atom stereocenters. The first kappa shape index (κ1) is 8.54. The molecule has 0 heterocycles. The van der Waals surface area contributed by atoms with Crippen LogP contribution in [0, 0.1) is 17.8 Å². The molecule has 70 valence electrons. The predicted molar refractivity (Wildman–Crippen MR) is 52.1 cm³/mol. The molecule has 0 radical (unpaired) electrons. The molecule has 0 aromatic carbocycles. The van der Waals surface area contributed by atoms with Crippen molar-refractivity contribution in [3.05, 3.63) is 24.3 Å². The van der Waals surface area contributed by atoms with Crippen LogP contribution >= 0.6 is 0 Å². The Hall–Kier alpha value is -1.05. The molecule has 2 rings (SSSR count). The third kappa shape index (κ3) is 1.30. The Labute approximate surface area is 78.9 Å². The molecular formula is C11H15NO. The Kier molecular flexibility index (Phi) is 1.98. The van der Waals surface area contributed by atoms with Crippen LogP contribution in [0.2, 0.25) is 0 Å². The van der Waals surface area contributed by atoms with Crippen LogP contribution in [0.3, 0.4) is 0 Å². The highest BCUT2D eigenvalue weighted by molar-refractivity contribution is 5.80. The molecule has 2 aliphatic rings. The van der Waals surface area contributed by atoms with Crippen LogP contribution in [-0.4, -0.2) is 24.9 Å². The van der Waals surface area contributed by atoms with Crippen molar-refractivity contribution in [2.24, 2.45) is 17.8 Å². The summed E-state index contributed by atoms with van der Waals surface area (Å²) in [7, 11) is 3.66. The highest BCUT2D eigenvalue weighted by Crippen LogP contribution is 2.44. The van der Waals surface area contributed by atoms with Crippen LogP contribution in [-0.2, 0) is 4.79 Å². The summed E-state index contributed by atoms with van der Waals surface area (Å²) in [4.78, 5) is 13.3. The standard InChI is InChI=1S/C11H15NO/c1-12(2)11(13)10-7-8-5-3-4-6-9(8)10/h3-6,8-10H,7H2,1-2H3/t8?,9-,10?/m1/s1. The van der Waals surface area contributed by atoms with E-state index in [1.165, 1.54) is 0 Å². The maximum absolute atomic E-state index is 11.6. The second kappa shape index (κ2) is 3.02. The van der Waals surface area contributed by atoms with E-state index in [4.69, 9.17) is 0 Å². The third-order valence-electron chi connectivity index (χ3n) is 3.05. The van der Waals surface area contributed by atoms with Gasteiger partial charge in [0.2, 0.25) is 5.91 Å². The van der Waals surface area contributed by atoms with Gasteiger partial charge in [-0.2, -0.15) is 0 Å². The SMILES string of the molecule is CN(C)C(=O)C1CC2C=CC=C[C@H]21. The molecule has 0 spiro atoms. The molecule has 0 aromatic heterocycles. The van der Waals surface area contributed by atoms with Crippen LogP contribution in [0.5, 0.6) is 0 Å². The normalized spacial score (nSPS) is 35.1. The summed E-state index contributed by atoms with van der Waals surface area (Å²) >= 11 is 0. The summed E-state index contributed by atoms with van der Waals surface area (Å²) in [5, 5.41) is 0. The molecule has 0 aliphatic heterocycles. The van der Waals surface area contributed by atoms with Crippen molar-refractivity contribution in [3.63, 3.8) is 0 Å². The molecule has 0 aromatic rings. The fraction of sp³-hybridized carbons (Fsp3) is 0.545. The van der Waals surface area contributed by atoms with Crippen LogP contribution in [0.15, 0.2) is 24.3 Å². The lowest BCUT2D eigenvalue weighted by atomic mass is 9.63. The lowest BCUT2D eigenvalue weighted by Crippen LogP contribution is -2.45. The van der Waals surface area contributed by atoms with E-state index < -0.39 is 0 Å². The van der Waals surface area contributed by atoms with Crippen LogP contribution in [0.4, 0.5) is 0 Å². The van der Waals surface area contributed by atoms with Crippen molar-refractivity contribution in [1.82, 2.24) is 4.90 Å². The van der Waals surface area contributed by atoms with Gasteiger partial charge in [0.15, 0.2) is 0 Å². The van der Waals surface area contributed by atoms with Crippen molar-refractivity contribution in [3.8, 4) is 0 Å². The second-order valence-corrected chi connectivity index (χ2v) is 4.09. The molecule has 2 heteroatoms. The lowest BCUT2D eigenvalue weighted by molar-refractivity contribution is -0.139. The number of carbonyl (C=O) groups is 1. The number of amides is 1. The fourth-order valence-corrected chi connectivity index (χ4v) is 2.19. The minimum atomic E-state index is 0.237. The van der Waals surface area contributed by atoms with Gasteiger partial charge in [0.05, 0.1) is 0 Å². The summed E-state index contributed by atoms with van der Waals surface area (Å²) in [6.45, 7) is 0. The van der Waals surface area contributed by atoms with E-state index in [1.807, 2.05) is 14.1 Å². The van der Waals surface area contributed by atoms with Gasteiger partial charge in [-0.15, -0.1) is 0 Å². The Bertz CT molecular complexity index is 278. The van der Waals surface area contributed by atoms with Gasteiger partial charge in [-0.05, 0) is 18.3 Å². The van der Waals surface area contributed by atoms with Gasteiger partial charge in [0, 0.05) is 20.0 Å². The molecule has 0 N–H and O–H groups in total. The van der Waals surface area contributed by atoms with Gasteiger partial charge >= 0.3 is 0 Å². The van der Waals surface area contributed by atoms with E-state index in [-0.39, 0.29) is 11.8 Å². The molecule has 2 nitrogen and oxygen atoms in total. The monoisotopic (exact) mass is 177 g/mol. The van der Waals surface area contributed by atoms with Crippen molar-refractivity contribution in [1.29, 1.82) is 0 Å². The minimum absolute atomic E-state index is 0.237. The lowest BCUT2D eigenvalue weighted by Gasteiger charge is -2.42. The molecule has 3 atom stereocenters. The van der Waals surface area contributed by atoms with Gasteiger partial charge in [-0.1, -0.05) is 24.3 Å². The van der Waals surface area contributed by atoms with E-state index >= 15 is 0 Å². The zero-order valence-electron chi connectivity index (χ0n) is 8.10. The van der Waals surface area contributed by atoms with Crippen LogP contribution < -0.4 is 0 Å². The average molecular weight is 177 g/mol. The zero-order valence-corrected chi connectivity index (χ0v) is 8.10. The molecule has 1 fully saturated rings. The Morgan fingerprint density at radius 3 is 2.62 bits per heavy atom. The van der Waals surface area contributed by atoms with E-state index in [9.17, 15) is 4.79 Å². The average Bonchev–Trinajstić information content (AvgIpc) is 2.06. The number of allylic oxidation sites excluding steroid dienone is 4. The topological polar surface area (TPSA) is 20.3 Å². The molecule has 1 amide bonds. The quantitative estimate of drug-likeness (QED) is 0.593. The van der Waals surface area contributed by atoms with Crippen LogP contribution in [0.1, 0.15) is 6.42 Å². The number of fused-ring (bicyclic) bond motifs is 1. The highest BCUT2D eigenvalue weighted by atomic mass is 16.2. The van der Waals surface area contributed by atoms with Crippen molar-refractivity contribution >= 4 is 5.91 Å². The van der Waals surface area contributed by atoms with Crippen molar-refractivity contribution < 1.29 is 4.79 Å². The fourth-order valence-electron chi connectivity index (χ4n) is 2.19. The summed E-state index contributed by atoms with van der Waals surface area (Å²) < 4.78 is 0. The van der Waals surface area contributed by atoms with Gasteiger partial charge < -0.3 is 4.90 Å². The predicted octanol–water partition coefficient (Wildman–Crippen LogP) is 1.45. The largest absolute Gasteiger partial charge is 0.349 e. The maximum atomic E-state index is 11.6. The van der Waals surface area contributed by atoms with Crippen LogP contribution in [0.25, 0.3) is 0 Å². The van der Waals surface area contributed by atoms with Gasteiger partial charge in [-0.3, -0.25) is 4.79 Å². The first-order chi connectivity index (χ1) is 6.20. The van der Waals surface area contributed by atoms with E-state index in [0.29, 0.717) is 11.8 Å². The third-order valence-corrected chi connectivity index (χ3v) is 3.05. The second-order valence-electron chi connectivity index (χ2n) is 4.09. The van der Waals surface area contributed by atoms with Gasteiger partial charge in [-0.25, -0.2) is 0 Å². The van der Waals surface area contributed by atoms with Gasteiger partial charge in [0.25, 0.3) is 0 Å². The van der Waals surface area contributed by atoms with Crippen molar-refractivity contribution in [2.75, 3.05) is 14.1 Å². The Morgan fingerprint density at radius 2 is 2.00 bits per heavy atom. The maximum Gasteiger partial charge on any atom is 0.225 e. The summed E-state index contributed by atoms with van der Waals surface area (Å²) in [5.74, 6) is 1.61. The minimum Gasteiger partial charge on any atom is -0.349 e. The molecule has 0 saturated heterocycles. The molecule has 2 aliphatic carbocycles. The molecule has 0 bridgehead atoms. The number of carbonyl (C=O) groups excluding carboxylic acids is 1. The smallest absolute Gasteiger partial charge is 0.225 e. The number of hydrogen-bond acceptors (Lipinski definition) is 1. The summed E-state index contributed by atoms with van der Waals surface area (Å²) in [6.07, 6.45) is 9.54. The van der Waals surface area contributed by atoms with Gasteiger partial charge in [0.1, 0.15) is 0 Å². The number of hydrogen-bond donors (Lipinski definition) is 0. The van der Waals surface area contributed by atoms with E-state index in [1.54, 1.807) is 4.90 Å². The Balaban J connectivity index is 2.03. The first-order valence-electron chi connectivity index (χ1n) is 4.76. The molecule has 1 saturated carbocycles. The summed E-state index contributed by atoms with van der Waals surface area (Å²) in [5.41, 5.74) is 0. The highest BCUT2D eigenvalue weighted by Gasteiger charge is 2.43. The van der Waals surface area contributed by atoms with E-state index in [2.05, 4.69) is 24.3 Å². The number of rotatable bonds is 1. The molecular weight excluding hydrogens is 162 g/mol. The first-order valence-corrected chi connectivity index (χ1v) is 4.76. The zero-order chi connectivity index (χ0) is 9.42. The number of nitrogens with zero attached hydrogens (tertiary/aromatic N) is 1. The summed E-state index contributed by atoms with van der Waals surface area (Å²) in [6, 6.07) is 0. The molecule has 13 heavy (non-hydrogen) atoms. The Morgan fingerprint density at radius 1 is 1.31 bits per heavy atom. The van der Waals surface area contributed by atoms with E-state index in [0.717, 1.165) is 6.42 Å². The van der Waals surface area contributed by atoms with Crippen molar-refractivity contribution in [2.45, 2.75) is 6.42 Å².